The molecule has 0 fully saturated rings. The first-order chi connectivity index (χ1) is 13.3. The third kappa shape index (κ3) is 4.74. The van der Waals surface area contributed by atoms with Gasteiger partial charge in [0.15, 0.2) is 0 Å². The molecule has 0 aliphatic heterocycles. The van der Waals surface area contributed by atoms with Gasteiger partial charge in [-0.1, -0.05) is 64.9 Å². The summed E-state index contributed by atoms with van der Waals surface area (Å²) in [4.78, 5) is 12.3. The van der Waals surface area contributed by atoms with Gasteiger partial charge in [0.05, 0.1) is 10.6 Å². The number of rotatable bonds is 6. The van der Waals surface area contributed by atoms with Crippen LogP contribution in [0, 0.1) is 6.92 Å². The number of hydrogen-bond donors (Lipinski definition) is 2. The summed E-state index contributed by atoms with van der Waals surface area (Å²) in [5.41, 5.74) is 2.17. The van der Waals surface area contributed by atoms with Gasteiger partial charge in [0, 0.05) is 6.04 Å². The molecule has 1 atom stereocenters. The number of aromatic nitrogens is 2. The molecule has 10 heteroatoms. The van der Waals surface area contributed by atoms with E-state index in [2.05, 4.69) is 20.2 Å². The zero-order valence-electron chi connectivity index (χ0n) is 15.0. The van der Waals surface area contributed by atoms with Crippen molar-refractivity contribution in [2.75, 3.05) is 5.32 Å². The molecule has 0 aliphatic rings. The van der Waals surface area contributed by atoms with Gasteiger partial charge < -0.3 is 0 Å². The molecule has 0 saturated carbocycles. The zero-order valence-corrected chi connectivity index (χ0v) is 17.4. The number of benzene rings is 2. The minimum Gasteiger partial charge on any atom is -0.296 e. The quantitative estimate of drug-likeness (QED) is 0.572. The van der Waals surface area contributed by atoms with E-state index in [-0.39, 0.29) is 20.1 Å². The second-order valence-corrected chi connectivity index (χ2v) is 9.33. The molecule has 1 aromatic heterocycles. The number of carbonyl (C=O) groups is 1. The number of sulfonamides is 1. The normalized spacial score (nSPS) is 12.5. The molecule has 1 heterocycles. The number of amides is 1. The largest absolute Gasteiger partial charge is 0.296 e. The molecule has 2 N–H and O–H groups in total. The van der Waals surface area contributed by atoms with Crippen molar-refractivity contribution in [2.45, 2.75) is 24.2 Å². The van der Waals surface area contributed by atoms with Crippen molar-refractivity contribution in [3.63, 3.8) is 0 Å². The van der Waals surface area contributed by atoms with E-state index in [0.29, 0.717) is 0 Å². The highest BCUT2D eigenvalue weighted by Crippen LogP contribution is 2.24. The molecule has 0 saturated heterocycles. The van der Waals surface area contributed by atoms with E-state index in [9.17, 15) is 13.2 Å². The smallest absolute Gasteiger partial charge is 0.270 e. The van der Waals surface area contributed by atoms with Crippen molar-refractivity contribution >= 4 is 44.0 Å². The first kappa shape index (κ1) is 20.4. The highest BCUT2D eigenvalue weighted by atomic mass is 35.5. The second kappa shape index (κ2) is 8.36. The Hall–Kier alpha value is -2.33. The van der Waals surface area contributed by atoms with Crippen LogP contribution in [0.5, 0.6) is 0 Å². The Kier molecular flexibility index (Phi) is 6.09. The van der Waals surface area contributed by atoms with Crippen LogP contribution in [0.3, 0.4) is 0 Å². The van der Waals surface area contributed by atoms with Crippen LogP contribution >= 0.6 is 22.9 Å². The van der Waals surface area contributed by atoms with Crippen LogP contribution in [0.1, 0.15) is 34.5 Å². The number of hydrogen-bond acceptors (Lipinski definition) is 6. The fourth-order valence-corrected chi connectivity index (χ4v) is 4.75. The molecular formula is C18H17ClN4O3S2. The Balaban J connectivity index is 1.72. The molecule has 0 radical (unpaired) electrons. The van der Waals surface area contributed by atoms with Crippen molar-refractivity contribution in [3.8, 4) is 0 Å². The molecule has 3 rings (SSSR count). The summed E-state index contributed by atoms with van der Waals surface area (Å²) in [6, 6.07) is 13.6. The summed E-state index contributed by atoms with van der Waals surface area (Å²) in [5, 5.41) is 10.3. The minimum absolute atomic E-state index is 0.0632. The number of aryl methyl sites for hydroxylation is 1. The lowest BCUT2D eigenvalue weighted by Crippen LogP contribution is -2.26. The topological polar surface area (TPSA) is 101 Å². The number of carbonyl (C=O) groups excluding carboxylic acids is 1. The predicted molar refractivity (Wildman–Crippen MR) is 109 cm³/mol. The van der Waals surface area contributed by atoms with Gasteiger partial charge in [-0.05, 0) is 31.5 Å². The number of halogens is 1. The van der Waals surface area contributed by atoms with E-state index in [1.54, 1.807) is 31.2 Å². The Labute approximate surface area is 171 Å². The van der Waals surface area contributed by atoms with Gasteiger partial charge in [0.25, 0.3) is 15.9 Å². The van der Waals surface area contributed by atoms with Gasteiger partial charge in [0.1, 0.15) is 0 Å². The van der Waals surface area contributed by atoms with Crippen molar-refractivity contribution < 1.29 is 13.2 Å². The van der Waals surface area contributed by atoms with E-state index >= 15 is 0 Å². The van der Waals surface area contributed by atoms with Gasteiger partial charge in [0.2, 0.25) is 9.47 Å². The van der Waals surface area contributed by atoms with E-state index in [1.165, 1.54) is 0 Å². The van der Waals surface area contributed by atoms with Gasteiger partial charge in [-0.2, -0.15) is 0 Å². The molecule has 0 aliphatic carbocycles. The van der Waals surface area contributed by atoms with Crippen LogP contribution in [-0.2, 0) is 10.0 Å². The molecule has 3 aromatic rings. The minimum atomic E-state index is -3.89. The molecule has 7 nitrogen and oxygen atoms in total. The molecule has 146 valence electrons. The van der Waals surface area contributed by atoms with Crippen LogP contribution < -0.4 is 10.0 Å². The van der Waals surface area contributed by atoms with Crippen LogP contribution in [0.15, 0.2) is 52.9 Å². The van der Waals surface area contributed by atoms with Crippen molar-refractivity contribution in [1.29, 1.82) is 0 Å². The lowest BCUT2D eigenvalue weighted by molar-refractivity contribution is 0.102. The second-order valence-electron chi connectivity index (χ2n) is 6.06. The van der Waals surface area contributed by atoms with Crippen molar-refractivity contribution in [1.82, 2.24) is 14.9 Å². The standard InChI is InChI=1S/C18H17ClN4O3S2/c1-11-7-9-13(10-8-11)12(2)23-28(25,26)18-22-21-17(27-18)20-16(24)14-5-3-4-6-15(14)19/h3-10,12,23H,1-2H3,(H,20,21,24)/t12-/m1/s1. The molecule has 2 aromatic carbocycles. The Bertz CT molecular complexity index is 1100. The molecular weight excluding hydrogens is 420 g/mol. The van der Waals surface area contributed by atoms with E-state index in [0.717, 1.165) is 22.5 Å². The summed E-state index contributed by atoms with van der Waals surface area (Å²) in [7, 11) is -3.89. The number of nitrogens with zero attached hydrogens (tertiary/aromatic N) is 2. The van der Waals surface area contributed by atoms with Crippen LogP contribution in [0.2, 0.25) is 5.02 Å². The van der Waals surface area contributed by atoms with Gasteiger partial charge >= 0.3 is 0 Å². The predicted octanol–water partition coefficient (Wildman–Crippen LogP) is 3.79. The van der Waals surface area contributed by atoms with Crippen LogP contribution in [0.25, 0.3) is 0 Å². The summed E-state index contributed by atoms with van der Waals surface area (Å²) < 4.78 is 27.5. The van der Waals surface area contributed by atoms with E-state index < -0.39 is 22.0 Å². The average molecular weight is 437 g/mol. The maximum atomic E-state index is 12.6. The fourth-order valence-electron chi connectivity index (χ4n) is 2.38. The maximum Gasteiger partial charge on any atom is 0.270 e. The third-order valence-corrected chi connectivity index (χ3v) is 6.96. The monoisotopic (exact) mass is 436 g/mol. The molecule has 0 spiro atoms. The molecule has 0 unspecified atom stereocenters. The summed E-state index contributed by atoms with van der Waals surface area (Å²) in [6.45, 7) is 3.70. The van der Waals surface area contributed by atoms with Crippen LogP contribution in [-0.4, -0.2) is 24.5 Å². The number of anilines is 1. The highest BCUT2D eigenvalue weighted by Gasteiger charge is 2.24. The van der Waals surface area contributed by atoms with Crippen LogP contribution in [0.4, 0.5) is 5.13 Å². The van der Waals surface area contributed by atoms with Gasteiger partial charge in [-0.25, -0.2) is 13.1 Å². The van der Waals surface area contributed by atoms with Gasteiger partial charge in [-0.15, -0.1) is 10.2 Å². The fraction of sp³-hybridized carbons (Fsp3) is 0.167. The van der Waals surface area contributed by atoms with Crippen molar-refractivity contribution in [3.05, 3.63) is 70.2 Å². The Morgan fingerprint density at radius 2 is 1.79 bits per heavy atom. The summed E-state index contributed by atoms with van der Waals surface area (Å²) in [6.07, 6.45) is 0. The highest BCUT2D eigenvalue weighted by molar-refractivity contribution is 7.91. The molecule has 28 heavy (non-hydrogen) atoms. The zero-order chi connectivity index (χ0) is 20.3. The average Bonchev–Trinajstić information content (AvgIpc) is 3.11. The maximum absolute atomic E-state index is 12.6. The first-order valence-electron chi connectivity index (χ1n) is 8.24. The van der Waals surface area contributed by atoms with E-state index in [1.807, 2.05) is 31.2 Å². The first-order valence-corrected chi connectivity index (χ1v) is 10.9. The van der Waals surface area contributed by atoms with Gasteiger partial charge in [-0.3, -0.25) is 10.1 Å². The molecule has 1 amide bonds. The lowest BCUT2D eigenvalue weighted by atomic mass is 10.1. The molecule has 0 bridgehead atoms. The summed E-state index contributed by atoms with van der Waals surface area (Å²) in [5.74, 6) is -0.494. The lowest BCUT2D eigenvalue weighted by Gasteiger charge is -2.13. The summed E-state index contributed by atoms with van der Waals surface area (Å²) >= 11 is 6.75. The number of nitrogens with one attached hydrogen (secondary N) is 2. The third-order valence-electron chi connectivity index (χ3n) is 3.88. The van der Waals surface area contributed by atoms with E-state index in [4.69, 9.17) is 11.6 Å². The Morgan fingerprint density at radius 3 is 2.46 bits per heavy atom. The van der Waals surface area contributed by atoms with Crippen molar-refractivity contribution in [2.24, 2.45) is 0 Å². The SMILES string of the molecule is Cc1ccc([C@@H](C)NS(=O)(=O)c2nnc(NC(=O)c3ccccc3Cl)s2)cc1. The Morgan fingerprint density at radius 1 is 1.11 bits per heavy atom.